The molecule has 3 aromatic rings. The van der Waals surface area contributed by atoms with Crippen molar-refractivity contribution in [2.75, 3.05) is 21.1 Å². The molecule has 2 amide bonds. The number of carbonyl (C=O) groups excluding carboxylic acids is 2. The number of ether oxygens (including phenoxy) is 1. The van der Waals surface area contributed by atoms with E-state index in [1.165, 1.54) is 61.5 Å². The maximum Gasteiger partial charge on any atom is 0.265 e. The van der Waals surface area contributed by atoms with Crippen molar-refractivity contribution in [3.63, 3.8) is 0 Å². The monoisotopic (exact) mass is 613 g/mol. The average Bonchev–Trinajstić information content (AvgIpc) is 2.88. The Kier molecular flexibility index (Phi) is 10.3. The number of halogens is 3. The molecule has 0 saturated heterocycles. The van der Waals surface area contributed by atoms with E-state index >= 15 is 0 Å². The van der Waals surface area contributed by atoms with Crippen LogP contribution in [0.3, 0.4) is 0 Å². The van der Waals surface area contributed by atoms with Crippen LogP contribution in [-0.4, -0.2) is 37.2 Å². The summed E-state index contributed by atoms with van der Waals surface area (Å²) in [5, 5.41) is 16.0. The first-order valence-electron chi connectivity index (χ1n) is 11.8. The topological polar surface area (TPSA) is 134 Å². The predicted octanol–water partition coefficient (Wildman–Crippen LogP) is 6.55. The molecule has 3 rings (SSSR count). The SMILES string of the molecule is CCCCS(=O)(=O)Nc1ccc(OC(C)C(=O)Nc2cc(O)c(NC(=O)c3ccc(Cl)c(Cl)c3)cc2Cl)cc1. The molecule has 0 aliphatic heterocycles. The number of phenolic OH excluding ortho intramolecular Hbond substituents is 1. The summed E-state index contributed by atoms with van der Waals surface area (Å²) < 4.78 is 32.2. The zero-order valence-electron chi connectivity index (χ0n) is 20.9. The van der Waals surface area contributed by atoms with Crippen molar-refractivity contribution < 1.29 is 27.9 Å². The molecular weight excluding hydrogens is 589 g/mol. The third-order valence-corrected chi connectivity index (χ3v) is 7.77. The second kappa shape index (κ2) is 13.3. The minimum absolute atomic E-state index is 0.0174. The fourth-order valence-corrected chi connectivity index (χ4v) is 5.02. The van der Waals surface area contributed by atoms with Gasteiger partial charge >= 0.3 is 0 Å². The number of unbranched alkanes of at least 4 members (excludes halogenated alkanes) is 1. The lowest BCUT2D eigenvalue weighted by Crippen LogP contribution is -2.30. The quantitative estimate of drug-likeness (QED) is 0.181. The van der Waals surface area contributed by atoms with Crippen molar-refractivity contribution in [2.24, 2.45) is 0 Å². The lowest BCUT2D eigenvalue weighted by molar-refractivity contribution is -0.122. The molecule has 0 aliphatic rings. The van der Waals surface area contributed by atoms with E-state index < -0.39 is 27.9 Å². The summed E-state index contributed by atoms with van der Waals surface area (Å²) in [7, 11) is -3.44. The van der Waals surface area contributed by atoms with Gasteiger partial charge in [0, 0.05) is 17.3 Å². The number of hydrogen-bond donors (Lipinski definition) is 4. The Hall–Kier alpha value is -3.18. The van der Waals surface area contributed by atoms with E-state index in [2.05, 4.69) is 15.4 Å². The Morgan fingerprint density at radius 2 is 1.62 bits per heavy atom. The molecule has 0 saturated carbocycles. The number of carbonyl (C=O) groups is 2. The Labute approximate surface area is 241 Å². The number of amides is 2. The molecule has 9 nitrogen and oxygen atoms in total. The van der Waals surface area contributed by atoms with E-state index in [-0.39, 0.29) is 38.5 Å². The predicted molar refractivity (Wildman–Crippen MR) is 155 cm³/mol. The highest BCUT2D eigenvalue weighted by Crippen LogP contribution is 2.34. The second-order valence-electron chi connectivity index (χ2n) is 8.48. The van der Waals surface area contributed by atoms with Gasteiger partial charge in [-0.3, -0.25) is 14.3 Å². The Morgan fingerprint density at radius 1 is 0.923 bits per heavy atom. The molecule has 208 valence electrons. The number of nitrogens with one attached hydrogen (secondary N) is 3. The summed E-state index contributed by atoms with van der Waals surface area (Å²) in [6, 6.07) is 12.9. The van der Waals surface area contributed by atoms with Crippen LogP contribution in [0.1, 0.15) is 37.0 Å². The first-order valence-corrected chi connectivity index (χ1v) is 14.5. The minimum atomic E-state index is -3.44. The van der Waals surface area contributed by atoms with Gasteiger partial charge in [0.15, 0.2) is 6.10 Å². The zero-order chi connectivity index (χ0) is 28.7. The van der Waals surface area contributed by atoms with Gasteiger partial charge in [-0.2, -0.15) is 0 Å². The lowest BCUT2D eigenvalue weighted by atomic mass is 10.2. The number of rotatable bonds is 11. The van der Waals surface area contributed by atoms with Crippen molar-refractivity contribution in [3.05, 3.63) is 75.2 Å². The van der Waals surface area contributed by atoms with Crippen LogP contribution in [0.15, 0.2) is 54.6 Å². The maximum absolute atomic E-state index is 12.7. The van der Waals surface area contributed by atoms with Gasteiger partial charge in [-0.15, -0.1) is 0 Å². The molecule has 0 aromatic heterocycles. The number of benzene rings is 3. The number of hydrogen-bond acceptors (Lipinski definition) is 6. The van der Waals surface area contributed by atoms with Crippen LogP contribution in [-0.2, 0) is 14.8 Å². The number of aromatic hydroxyl groups is 1. The molecule has 1 unspecified atom stereocenters. The van der Waals surface area contributed by atoms with E-state index in [9.17, 15) is 23.1 Å². The van der Waals surface area contributed by atoms with Gasteiger partial charge in [-0.05, 0) is 61.9 Å². The van der Waals surface area contributed by atoms with Gasteiger partial charge in [-0.25, -0.2) is 8.42 Å². The first-order chi connectivity index (χ1) is 18.4. The third-order valence-electron chi connectivity index (χ3n) is 5.35. The van der Waals surface area contributed by atoms with Crippen LogP contribution in [0.25, 0.3) is 0 Å². The van der Waals surface area contributed by atoms with Gasteiger partial charge in [-0.1, -0.05) is 48.1 Å². The van der Waals surface area contributed by atoms with Crippen molar-refractivity contribution in [1.29, 1.82) is 0 Å². The molecule has 0 heterocycles. The average molecular weight is 615 g/mol. The van der Waals surface area contributed by atoms with Gasteiger partial charge in [0.1, 0.15) is 11.5 Å². The Bertz CT molecular complexity index is 1470. The number of anilines is 3. The molecule has 0 aliphatic carbocycles. The van der Waals surface area contributed by atoms with Gasteiger partial charge < -0.3 is 20.5 Å². The van der Waals surface area contributed by atoms with E-state index in [1.807, 2.05) is 6.92 Å². The fourth-order valence-electron chi connectivity index (χ4n) is 3.25. The largest absolute Gasteiger partial charge is 0.506 e. The van der Waals surface area contributed by atoms with Crippen LogP contribution in [0.5, 0.6) is 11.5 Å². The molecule has 3 aromatic carbocycles. The maximum atomic E-state index is 12.7. The van der Waals surface area contributed by atoms with Crippen LogP contribution in [0.2, 0.25) is 15.1 Å². The summed E-state index contributed by atoms with van der Waals surface area (Å²) in [5.41, 5.74) is 0.706. The van der Waals surface area contributed by atoms with E-state index in [4.69, 9.17) is 39.5 Å². The molecule has 4 N–H and O–H groups in total. The molecule has 1 atom stereocenters. The highest BCUT2D eigenvalue weighted by molar-refractivity contribution is 7.92. The summed E-state index contributed by atoms with van der Waals surface area (Å²) in [4.78, 5) is 25.2. The van der Waals surface area contributed by atoms with Crippen molar-refractivity contribution in [1.82, 2.24) is 0 Å². The molecule has 0 bridgehead atoms. The van der Waals surface area contributed by atoms with Crippen molar-refractivity contribution in [3.8, 4) is 11.5 Å². The molecule has 0 radical (unpaired) electrons. The second-order valence-corrected chi connectivity index (χ2v) is 11.5. The van der Waals surface area contributed by atoms with E-state index in [1.54, 1.807) is 0 Å². The number of phenols is 1. The normalized spacial score (nSPS) is 11.9. The van der Waals surface area contributed by atoms with Gasteiger partial charge in [0.2, 0.25) is 10.0 Å². The fraction of sp³-hybridized carbons (Fsp3) is 0.231. The summed E-state index contributed by atoms with van der Waals surface area (Å²) >= 11 is 18.1. The molecular formula is C26H26Cl3N3O6S. The Balaban J connectivity index is 1.61. The third kappa shape index (κ3) is 8.66. The minimum Gasteiger partial charge on any atom is -0.506 e. The van der Waals surface area contributed by atoms with Crippen LogP contribution in [0.4, 0.5) is 17.1 Å². The van der Waals surface area contributed by atoms with E-state index in [0.717, 1.165) is 6.42 Å². The summed E-state index contributed by atoms with van der Waals surface area (Å²) in [6.07, 6.45) is 0.351. The smallest absolute Gasteiger partial charge is 0.265 e. The first kappa shape index (κ1) is 30.4. The highest BCUT2D eigenvalue weighted by Gasteiger charge is 2.19. The summed E-state index contributed by atoms with van der Waals surface area (Å²) in [5.74, 6) is -1.09. The molecule has 39 heavy (non-hydrogen) atoms. The Morgan fingerprint density at radius 3 is 2.26 bits per heavy atom. The molecule has 0 spiro atoms. The number of sulfonamides is 1. The van der Waals surface area contributed by atoms with Crippen molar-refractivity contribution >= 4 is 73.7 Å². The zero-order valence-corrected chi connectivity index (χ0v) is 24.0. The van der Waals surface area contributed by atoms with Crippen LogP contribution in [0, 0.1) is 0 Å². The summed E-state index contributed by atoms with van der Waals surface area (Å²) in [6.45, 7) is 3.42. The van der Waals surface area contributed by atoms with Gasteiger partial charge in [0.25, 0.3) is 11.8 Å². The molecule has 13 heteroatoms. The van der Waals surface area contributed by atoms with E-state index in [0.29, 0.717) is 22.9 Å². The standard InChI is InChI=1S/C26H26Cl3N3O6S/c1-3-4-11-39(36,37)32-17-6-8-18(9-7-17)38-15(2)25(34)30-22-14-24(33)23(13-21(22)29)31-26(35)16-5-10-19(27)20(28)12-16/h5-10,12-15,32-33H,3-4,11H2,1-2H3,(H,30,34)(H,31,35). The van der Waals surface area contributed by atoms with Crippen LogP contribution >= 0.6 is 34.8 Å². The highest BCUT2D eigenvalue weighted by atomic mass is 35.5. The van der Waals surface area contributed by atoms with Gasteiger partial charge in [0.05, 0.1) is 32.2 Å². The lowest BCUT2D eigenvalue weighted by Gasteiger charge is -2.17. The van der Waals surface area contributed by atoms with Crippen LogP contribution < -0.4 is 20.1 Å². The van der Waals surface area contributed by atoms with Crippen molar-refractivity contribution in [2.45, 2.75) is 32.8 Å². The molecule has 0 fully saturated rings.